The number of nitrogens with one attached hydrogen (secondary N) is 1. The van der Waals surface area contributed by atoms with Gasteiger partial charge in [-0.15, -0.1) is 0 Å². The number of hydrogen-bond acceptors (Lipinski definition) is 5. The normalized spacial score (nSPS) is 12.0. The Morgan fingerprint density at radius 1 is 1.12 bits per heavy atom. The van der Waals surface area contributed by atoms with Crippen molar-refractivity contribution in [2.45, 2.75) is 19.0 Å². The van der Waals surface area contributed by atoms with Crippen molar-refractivity contribution in [1.82, 2.24) is 15.3 Å². The average Bonchev–Trinajstić information content (AvgIpc) is 2.61. The zero-order valence-corrected chi connectivity index (χ0v) is 13.1. The number of pyridine rings is 2. The summed E-state index contributed by atoms with van der Waals surface area (Å²) in [4.78, 5) is 20.7. The van der Waals surface area contributed by atoms with Crippen LogP contribution >= 0.6 is 0 Å². The van der Waals surface area contributed by atoms with Crippen molar-refractivity contribution in [3.63, 3.8) is 0 Å². The summed E-state index contributed by atoms with van der Waals surface area (Å²) < 4.78 is 0. The summed E-state index contributed by atoms with van der Waals surface area (Å²) >= 11 is 0. The quantitative estimate of drug-likeness (QED) is 0.658. The van der Waals surface area contributed by atoms with Crippen LogP contribution in [0.2, 0.25) is 0 Å². The number of anilines is 1. The Balaban J connectivity index is 1.59. The Hall–Kier alpha value is -2.99. The third kappa shape index (κ3) is 3.85. The third-order valence-electron chi connectivity index (χ3n) is 3.74. The molecule has 0 radical (unpaired) electrons. The van der Waals surface area contributed by atoms with Crippen LogP contribution in [-0.4, -0.2) is 21.9 Å². The van der Waals surface area contributed by atoms with Crippen molar-refractivity contribution in [2.75, 3.05) is 5.73 Å². The molecule has 0 spiro atoms. The van der Waals surface area contributed by atoms with Gasteiger partial charge in [-0.3, -0.25) is 9.78 Å². The molecular weight excluding hydrogens is 302 g/mol. The van der Waals surface area contributed by atoms with E-state index in [1.807, 2.05) is 42.5 Å². The van der Waals surface area contributed by atoms with E-state index in [1.165, 1.54) is 0 Å². The highest BCUT2D eigenvalue weighted by Gasteiger charge is 2.14. The highest BCUT2D eigenvalue weighted by molar-refractivity contribution is 5.82. The van der Waals surface area contributed by atoms with Gasteiger partial charge in [-0.25, -0.2) is 4.98 Å². The summed E-state index contributed by atoms with van der Waals surface area (Å²) in [5, 5.41) is 3.87. The largest absolute Gasteiger partial charge is 0.384 e. The van der Waals surface area contributed by atoms with Gasteiger partial charge in [-0.2, -0.15) is 0 Å². The predicted molar refractivity (Wildman–Crippen MR) is 93.9 cm³/mol. The van der Waals surface area contributed by atoms with Gasteiger partial charge in [0.05, 0.1) is 11.6 Å². The van der Waals surface area contributed by atoms with Crippen LogP contribution in [0.5, 0.6) is 0 Å². The lowest BCUT2D eigenvalue weighted by atomic mass is 10.1. The summed E-state index contributed by atoms with van der Waals surface area (Å²) in [6.07, 6.45) is 2.02. The molecule has 0 fully saturated rings. The van der Waals surface area contributed by atoms with Gasteiger partial charge in [0.15, 0.2) is 0 Å². The predicted octanol–water partition coefficient (Wildman–Crippen LogP) is 1.40. The van der Waals surface area contributed by atoms with Gasteiger partial charge in [-0.1, -0.05) is 30.3 Å². The first-order chi connectivity index (χ1) is 11.6. The van der Waals surface area contributed by atoms with Crippen LogP contribution in [0, 0.1) is 0 Å². The molecule has 1 amide bonds. The lowest BCUT2D eigenvalue weighted by molar-refractivity contribution is -0.122. The molecule has 0 aliphatic carbocycles. The van der Waals surface area contributed by atoms with Crippen LogP contribution < -0.4 is 16.8 Å². The molecule has 5 N–H and O–H groups in total. The number of rotatable bonds is 5. The average molecular weight is 321 g/mol. The number of aromatic nitrogens is 2. The van der Waals surface area contributed by atoms with Crippen molar-refractivity contribution in [3.8, 4) is 0 Å². The van der Waals surface area contributed by atoms with Gasteiger partial charge in [0, 0.05) is 30.2 Å². The SMILES string of the molecule is Nc1ccc(CNC(=O)[C@@H](N)Cc2ccc3ccccc3n2)cn1. The van der Waals surface area contributed by atoms with E-state index in [-0.39, 0.29) is 5.91 Å². The number of nitrogens with zero attached hydrogens (tertiary/aromatic N) is 2. The van der Waals surface area contributed by atoms with Crippen molar-refractivity contribution in [2.24, 2.45) is 5.73 Å². The summed E-state index contributed by atoms with van der Waals surface area (Å²) in [5.41, 5.74) is 14.1. The van der Waals surface area contributed by atoms with Gasteiger partial charge >= 0.3 is 0 Å². The first-order valence-electron chi connectivity index (χ1n) is 7.70. The van der Waals surface area contributed by atoms with Crippen LogP contribution in [0.25, 0.3) is 10.9 Å². The zero-order chi connectivity index (χ0) is 16.9. The van der Waals surface area contributed by atoms with E-state index >= 15 is 0 Å². The summed E-state index contributed by atoms with van der Waals surface area (Å²) in [6, 6.07) is 14.6. The standard InChI is InChI=1S/C18H19N5O/c19-15(18(24)22-11-12-5-8-17(20)21-10-12)9-14-7-6-13-3-1-2-4-16(13)23-14/h1-8,10,15H,9,11,19H2,(H2,20,21)(H,22,24)/t15-/m0/s1. The van der Waals surface area contributed by atoms with Gasteiger partial charge in [0.1, 0.15) is 5.82 Å². The second-order valence-electron chi connectivity index (χ2n) is 5.62. The Bertz CT molecular complexity index is 847. The van der Waals surface area contributed by atoms with Crippen molar-refractivity contribution >= 4 is 22.6 Å². The molecule has 6 heteroatoms. The first kappa shape index (κ1) is 15.9. The molecule has 0 aliphatic heterocycles. The highest BCUT2D eigenvalue weighted by atomic mass is 16.2. The van der Waals surface area contributed by atoms with Crippen molar-refractivity contribution in [1.29, 1.82) is 0 Å². The monoisotopic (exact) mass is 321 g/mol. The lowest BCUT2D eigenvalue weighted by Gasteiger charge is -2.12. The number of nitrogen functional groups attached to an aromatic ring is 1. The number of hydrogen-bond donors (Lipinski definition) is 3. The lowest BCUT2D eigenvalue weighted by Crippen LogP contribution is -2.41. The van der Waals surface area contributed by atoms with E-state index in [4.69, 9.17) is 11.5 Å². The third-order valence-corrected chi connectivity index (χ3v) is 3.74. The minimum atomic E-state index is -0.652. The van der Waals surface area contributed by atoms with Crippen molar-refractivity contribution < 1.29 is 4.79 Å². The van der Waals surface area contributed by atoms with E-state index < -0.39 is 6.04 Å². The first-order valence-corrected chi connectivity index (χ1v) is 7.70. The Morgan fingerprint density at radius 2 is 1.96 bits per heavy atom. The summed E-state index contributed by atoms with van der Waals surface area (Å²) in [5.74, 6) is 0.228. The van der Waals surface area contributed by atoms with E-state index in [2.05, 4.69) is 15.3 Å². The maximum atomic E-state index is 12.1. The maximum absolute atomic E-state index is 12.1. The molecule has 0 saturated carbocycles. The van der Waals surface area contributed by atoms with Crippen LogP contribution in [0.1, 0.15) is 11.3 Å². The van der Waals surface area contributed by atoms with Gasteiger partial charge in [0.25, 0.3) is 0 Å². The number of carbonyl (C=O) groups is 1. The number of nitrogens with two attached hydrogens (primary N) is 2. The number of amides is 1. The van der Waals surface area contributed by atoms with Crippen molar-refractivity contribution in [3.05, 3.63) is 66.0 Å². The minimum absolute atomic E-state index is 0.221. The summed E-state index contributed by atoms with van der Waals surface area (Å²) in [7, 11) is 0. The molecular formula is C18H19N5O. The molecule has 1 aromatic carbocycles. The van der Waals surface area contributed by atoms with Gasteiger partial charge in [0.2, 0.25) is 5.91 Å². The molecule has 1 atom stereocenters. The van der Waals surface area contributed by atoms with Crippen LogP contribution in [0.3, 0.4) is 0 Å². The Morgan fingerprint density at radius 3 is 2.75 bits per heavy atom. The van der Waals surface area contributed by atoms with Crippen LogP contribution in [0.15, 0.2) is 54.7 Å². The Kier molecular flexibility index (Phi) is 4.67. The molecule has 0 unspecified atom stereocenters. The fourth-order valence-electron chi connectivity index (χ4n) is 2.40. The fraction of sp³-hybridized carbons (Fsp3) is 0.167. The van der Waals surface area contributed by atoms with Gasteiger partial charge < -0.3 is 16.8 Å². The molecule has 24 heavy (non-hydrogen) atoms. The topological polar surface area (TPSA) is 107 Å². The number of fused-ring (bicyclic) bond motifs is 1. The Labute approximate surface area is 139 Å². The molecule has 0 aliphatic rings. The van der Waals surface area contributed by atoms with E-state index in [0.717, 1.165) is 22.2 Å². The molecule has 3 rings (SSSR count). The van der Waals surface area contributed by atoms with Gasteiger partial charge in [-0.05, 0) is 23.8 Å². The van der Waals surface area contributed by atoms with E-state index in [1.54, 1.807) is 12.3 Å². The maximum Gasteiger partial charge on any atom is 0.237 e. The second kappa shape index (κ2) is 7.06. The molecule has 0 bridgehead atoms. The van der Waals surface area contributed by atoms with Crippen LogP contribution in [-0.2, 0) is 17.8 Å². The molecule has 3 aromatic rings. The fourth-order valence-corrected chi connectivity index (χ4v) is 2.40. The highest BCUT2D eigenvalue weighted by Crippen LogP contribution is 2.12. The number of carbonyl (C=O) groups excluding carboxylic acids is 1. The molecule has 122 valence electrons. The smallest absolute Gasteiger partial charge is 0.237 e. The molecule has 2 heterocycles. The van der Waals surface area contributed by atoms with E-state index in [0.29, 0.717) is 18.8 Å². The van der Waals surface area contributed by atoms with Crippen LogP contribution in [0.4, 0.5) is 5.82 Å². The number of para-hydroxylation sites is 1. The number of benzene rings is 1. The molecule has 6 nitrogen and oxygen atoms in total. The van der Waals surface area contributed by atoms with E-state index in [9.17, 15) is 4.79 Å². The second-order valence-corrected chi connectivity index (χ2v) is 5.62. The molecule has 0 saturated heterocycles. The molecule has 2 aromatic heterocycles. The summed E-state index contributed by atoms with van der Waals surface area (Å²) in [6.45, 7) is 0.366. The minimum Gasteiger partial charge on any atom is -0.384 e. The zero-order valence-electron chi connectivity index (χ0n) is 13.1.